The molecule has 1 amide bonds. The van der Waals surface area contributed by atoms with E-state index in [4.69, 9.17) is 4.52 Å². The summed E-state index contributed by atoms with van der Waals surface area (Å²) in [6, 6.07) is 6.03. The van der Waals surface area contributed by atoms with Crippen molar-refractivity contribution < 1.29 is 13.7 Å². The number of rotatable bonds is 8. The van der Waals surface area contributed by atoms with E-state index in [1.54, 1.807) is 12.1 Å². The Hall–Kier alpha value is -2.32. The number of hydrogen-bond acceptors (Lipinski definition) is 6. The number of aromatic nitrogens is 2. The Morgan fingerprint density at radius 2 is 1.94 bits per heavy atom. The van der Waals surface area contributed by atoms with E-state index < -0.39 is 0 Å². The van der Waals surface area contributed by atoms with Crippen molar-refractivity contribution in [1.82, 2.24) is 25.3 Å². The predicted molar refractivity (Wildman–Crippen MR) is 120 cm³/mol. The number of hydrogen-bond donors (Lipinski definition) is 1. The summed E-state index contributed by atoms with van der Waals surface area (Å²) in [4.78, 5) is 21.8. The zero-order chi connectivity index (χ0) is 22.3. The Labute approximate surface area is 189 Å². The first-order valence-electron chi connectivity index (χ1n) is 11.9. The summed E-state index contributed by atoms with van der Waals surface area (Å²) in [6.07, 6.45) is 5.47. The molecule has 0 radical (unpaired) electrons. The van der Waals surface area contributed by atoms with Gasteiger partial charge in [-0.1, -0.05) is 12.1 Å². The highest BCUT2D eigenvalue weighted by Crippen LogP contribution is 2.21. The van der Waals surface area contributed by atoms with Crippen LogP contribution in [0.5, 0.6) is 0 Å². The van der Waals surface area contributed by atoms with Gasteiger partial charge >= 0.3 is 0 Å². The first-order valence-corrected chi connectivity index (χ1v) is 11.9. The SMILES string of the molecule is CC1CCN(CCCNC(=O)C2CCCN(Cc3nc(-c4ccc(F)cc4)no3)C2)CC1. The van der Waals surface area contributed by atoms with E-state index in [1.165, 1.54) is 38.1 Å². The Bertz CT molecular complexity index is 864. The third-order valence-corrected chi connectivity index (χ3v) is 6.63. The van der Waals surface area contributed by atoms with Crippen LogP contribution in [0.2, 0.25) is 0 Å². The molecule has 2 saturated heterocycles. The van der Waals surface area contributed by atoms with Crippen molar-refractivity contribution in [3.63, 3.8) is 0 Å². The van der Waals surface area contributed by atoms with Crippen LogP contribution in [0.4, 0.5) is 4.39 Å². The number of carbonyl (C=O) groups is 1. The van der Waals surface area contributed by atoms with Gasteiger partial charge in [-0.25, -0.2) is 4.39 Å². The highest BCUT2D eigenvalue weighted by molar-refractivity contribution is 5.78. The lowest BCUT2D eigenvalue weighted by Crippen LogP contribution is -2.43. The van der Waals surface area contributed by atoms with Crippen LogP contribution in [0, 0.1) is 17.7 Å². The summed E-state index contributed by atoms with van der Waals surface area (Å²) in [7, 11) is 0. The topological polar surface area (TPSA) is 74.5 Å². The van der Waals surface area contributed by atoms with Gasteiger partial charge in [0.1, 0.15) is 5.82 Å². The van der Waals surface area contributed by atoms with Gasteiger partial charge in [-0.15, -0.1) is 0 Å². The maximum absolute atomic E-state index is 13.1. The molecule has 8 heteroatoms. The molecule has 3 heterocycles. The molecule has 174 valence electrons. The molecule has 0 saturated carbocycles. The molecule has 4 rings (SSSR count). The van der Waals surface area contributed by atoms with Crippen LogP contribution in [0.3, 0.4) is 0 Å². The van der Waals surface area contributed by atoms with Crippen LogP contribution in [0.1, 0.15) is 44.9 Å². The highest BCUT2D eigenvalue weighted by Gasteiger charge is 2.27. The third kappa shape index (κ3) is 6.36. The Morgan fingerprint density at radius 1 is 1.16 bits per heavy atom. The number of nitrogens with zero attached hydrogens (tertiary/aromatic N) is 4. The average molecular weight is 444 g/mol. The fourth-order valence-electron chi connectivity index (χ4n) is 4.58. The molecule has 2 aliphatic rings. The Balaban J connectivity index is 1.19. The summed E-state index contributed by atoms with van der Waals surface area (Å²) < 4.78 is 18.5. The van der Waals surface area contributed by atoms with Gasteiger partial charge in [0.05, 0.1) is 12.5 Å². The van der Waals surface area contributed by atoms with Gasteiger partial charge in [0.2, 0.25) is 17.6 Å². The van der Waals surface area contributed by atoms with Gasteiger partial charge in [0.15, 0.2) is 0 Å². The fourth-order valence-corrected chi connectivity index (χ4v) is 4.58. The predicted octanol–water partition coefficient (Wildman–Crippen LogP) is 3.33. The first kappa shape index (κ1) is 22.9. The molecule has 0 aliphatic carbocycles. The van der Waals surface area contributed by atoms with Gasteiger partial charge in [0, 0.05) is 18.7 Å². The van der Waals surface area contributed by atoms with Crippen molar-refractivity contribution in [3.05, 3.63) is 36.0 Å². The summed E-state index contributed by atoms with van der Waals surface area (Å²) in [6.45, 7) is 8.63. The molecule has 1 N–H and O–H groups in total. The van der Waals surface area contributed by atoms with Gasteiger partial charge in [-0.2, -0.15) is 4.98 Å². The second-order valence-electron chi connectivity index (χ2n) is 9.26. The van der Waals surface area contributed by atoms with Gasteiger partial charge in [-0.05, 0) is 88.5 Å². The molecule has 0 spiro atoms. The van der Waals surface area contributed by atoms with E-state index in [-0.39, 0.29) is 17.6 Å². The van der Waals surface area contributed by atoms with Crippen LogP contribution < -0.4 is 5.32 Å². The zero-order valence-corrected chi connectivity index (χ0v) is 18.9. The van der Waals surface area contributed by atoms with Crippen molar-refractivity contribution in [2.24, 2.45) is 11.8 Å². The minimum atomic E-state index is -0.295. The first-order chi connectivity index (χ1) is 15.6. The molecule has 1 aromatic heterocycles. The van der Waals surface area contributed by atoms with Crippen LogP contribution in [-0.4, -0.2) is 65.1 Å². The molecule has 0 bridgehead atoms. The van der Waals surface area contributed by atoms with Crippen molar-refractivity contribution >= 4 is 5.91 Å². The minimum absolute atomic E-state index is 0.000855. The summed E-state index contributed by atoms with van der Waals surface area (Å²) in [5.41, 5.74) is 0.719. The monoisotopic (exact) mass is 443 g/mol. The maximum Gasteiger partial charge on any atom is 0.241 e. The molecule has 2 aromatic rings. The molecule has 2 fully saturated rings. The van der Waals surface area contributed by atoms with E-state index in [0.29, 0.717) is 24.8 Å². The summed E-state index contributed by atoms with van der Waals surface area (Å²) in [5.74, 6) is 1.67. The van der Waals surface area contributed by atoms with Crippen molar-refractivity contribution in [1.29, 1.82) is 0 Å². The second-order valence-corrected chi connectivity index (χ2v) is 9.26. The molecule has 1 atom stereocenters. The van der Waals surface area contributed by atoms with Gasteiger partial charge in [-0.3, -0.25) is 9.69 Å². The fraction of sp³-hybridized carbons (Fsp3) is 0.625. The lowest BCUT2D eigenvalue weighted by Gasteiger charge is -2.31. The molecule has 1 aromatic carbocycles. The highest BCUT2D eigenvalue weighted by atomic mass is 19.1. The molecule has 32 heavy (non-hydrogen) atoms. The van der Waals surface area contributed by atoms with Crippen LogP contribution in [0.15, 0.2) is 28.8 Å². The second kappa shape index (κ2) is 11.0. The zero-order valence-electron chi connectivity index (χ0n) is 18.9. The lowest BCUT2D eigenvalue weighted by molar-refractivity contribution is -0.126. The van der Waals surface area contributed by atoms with Gasteiger partial charge < -0.3 is 14.7 Å². The van der Waals surface area contributed by atoms with Crippen molar-refractivity contribution in [2.45, 2.75) is 45.6 Å². The van der Waals surface area contributed by atoms with Crippen LogP contribution in [0.25, 0.3) is 11.4 Å². The molecule has 2 aliphatic heterocycles. The summed E-state index contributed by atoms with van der Waals surface area (Å²) in [5, 5.41) is 7.15. The maximum atomic E-state index is 13.1. The number of nitrogens with one attached hydrogen (secondary N) is 1. The lowest BCUT2D eigenvalue weighted by atomic mass is 9.97. The van der Waals surface area contributed by atoms with E-state index in [1.807, 2.05) is 0 Å². The average Bonchev–Trinajstić information content (AvgIpc) is 3.27. The number of benzene rings is 1. The Morgan fingerprint density at radius 3 is 2.72 bits per heavy atom. The van der Waals surface area contributed by atoms with E-state index >= 15 is 0 Å². The quantitative estimate of drug-likeness (QED) is 0.631. The number of amides is 1. The summed E-state index contributed by atoms with van der Waals surface area (Å²) >= 11 is 0. The van der Waals surface area contributed by atoms with Crippen molar-refractivity contribution in [3.8, 4) is 11.4 Å². The van der Waals surface area contributed by atoms with E-state index in [9.17, 15) is 9.18 Å². The Kier molecular flexibility index (Phi) is 7.86. The number of piperidine rings is 2. The molecular weight excluding hydrogens is 409 g/mol. The van der Waals surface area contributed by atoms with E-state index in [0.717, 1.165) is 50.4 Å². The minimum Gasteiger partial charge on any atom is -0.356 e. The van der Waals surface area contributed by atoms with E-state index in [2.05, 4.69) is 32.2 Å². The van der Waals surface area contributed by atoms with Crippen LogP contribution in [-0.2, 0) is 11.3 Å². The molecule has 7 nitrogen and oxygen atoms in total. The number of likely N-dealkylation sites (tertiary alicyclic amines) is 2. The number of halogens is 1. The largest absolute Gasteiger partial charge is 0.356 e. The van der Waals surface area contributed by atoms with Gasteiger partial charge in [0.25, 0.3) is 0 Å². The third-order valence-electron chi connectivity index (χ3n) is 6.63. The van der Waals surface area contributed by atoms with Crippen molar-refractivity contribution in [2.75, 3.05) is 39.3 Å². The standard InChI is InChI=1S/C24H34FN5O2/c1-18-9-14-29(15-10-18)13-3-11-26-24(31)20-4-2-12-30(16-20)17-22-27-23(28-32-22)19-5-7-21(25)8-6-19/h5-8,18,20H,2-4,9-17H2,1H3,(H,26,31). The van der Waals surface area contributed by atoms with Crippen LogP contribution >= 0.6 is 0 Å². The number of carbonyl (C=O) groups excluding carboxylic acids is 1. The smallest absolute Gasteiger partial charge is 0.241 e. The molecular formula is C24H34FN5O2. The normalized spacial score (nSPS) is 21.0. The molecule has 1 unspecified atom stereocenters.